The Morgan fingerprint density at radius 1 is 1.28 bits per heavy atom. The SMILES string of the molecule is O=C(O)C[C@@H](O)CNC(=O)OCc1ccccc1. The number of carbonyl (C=O) groups is 2. The van der Waals surface area contributed by atoms with Gasteiger partial charge >= 0.3 is 12.1 Å². The second-order valence-electron chi connectivity index (χ2n) is 3.69. The molecule has 1 amide bonds. The summed E-state index contributed by atoms with van der Waals surface area (Å²) >= 11 is 0. The number of carboxylic acid groups (broad SMARTS) is 1. The Morgan fingerprint density at radius 3 is 2.56 bits per heavy atom. The molecule has 0 saturated carbocycles. The van der Waals surface area contributed by atoms with E-state index in [0.29, 0.717) is 0 Å². The van der Waals surface area contributed by atoms with Crippen LogP contribution >= 0.6 is 0 Å². The van der Waals surface area contributed by atoms with Crippen LogP contribution in [0.1, 0.15) is 12.0 Å². The fraction of sp³-hybridized carbons (Fsp3) is 0.333. The minimum Gasteiger partial charge on any atom is -0.481 e. The van der Waals surface area contributed by atoms with Gasteiger partial charge in [0.25, 0.3) is 0 Å². The molecule has 0 aliphatic heterocycles. The lowest BCUT2D eigenvalue weighted by Crippen LogP contribution is -2.33. The highest BCUT2D eigenvalue weighted by atomic mass is 16.5. The van der Waals surface area contributed by atoms with Crippen molar-refractivity contribution >= 4 is 12.1 Å². The average molecular weight is 253 g/mol. The summed E-state index contributed by atoms with van der Waals surface area (Å²) in [5.74, 6) is -1.12. The Hall–Kier alpha value is -2.08. The normalized spacial score (nSPS) is 11.6. The quantitative estimate of drug-likeness (QED) is 0.695. The summed E-state index contributed by atoms with van der Waals surface area (Å²) in [7, 11) is 0. The molecule has 6 heteroatoms. The third kappa shape index (κ3) is 5.86. The molecule has 0 bridgehead atoms. The van der Waals surface area contributed by atoms with Crippen molar-refractivity contribution in [1.29, 1.82) is 0 Å². The van der Waals surface area contributed by atoms with Crippen LogP contribution in [-0.4, -0.2) is 34.9 Å². The molecular weight excluding hydrogens is 238 g/mol. The van der Waals surface area contributed by atoms with E-state index in [-0.39, 0.29) is 13.2 Å². The van der Waals surface area contributed by atoms with Crippen molar-refractivity contribution in [2.45, 2.75) is 19.1 Å². The van der Waals surface area contributed by atoms with Gasteiger partial charge in [-0.3, -0.25) is 4.79 Å². The molecule has 1 aromatic rings. The van der Waals surface area contributed by atoms with E-state index >= 15 is 0 Å². The summed E-state index contributed by atoms with van der Waals surface area (Å²) in [6.45, 7) is -0.0262. The molecule has 0 heterocycles. The molecule has 0 aromatic heterocycles. The maximum atomic E-state index is 11.2. The monoisotopic (exact) mass is 253 g/mol. The smallest absolute Gasteiger partial charge is 0.407 e. The number of rotatable bonds is 6. The van der Waals surface area contributed by atoms with E-state index in [1.807, 2.05) is 30.3 Å². The number of carboxylic acids is 1. The van der Waals surface area contributed by atoms with Crippen molar-refractivity contribution in [2.24, 2.45) is 0 Å². The van der Waals surface area contributed by atoms with Crippen LogP contribution in [0, 0.1) is 0 Å². The molecule has 0 radical (unpaired) electrons. The van der Waals surface area contributed by atoms with Crippen molar-refractivity contribution in [2.75, 3.05) is 6.54 Å². The molecule has 0 saturated heterocycles. The summed E-state index contributed by atoms with van der Waals surface area (Å²) < 4.78 is 4.87. The molecule has 0 aliphatic rings. The minimum atomic E-state index is -1.12. The molecule has 0 fully saturated rings. The fourth-order valence-corrected chi connectivity index (χ4v) is 1.25. The summed E-state index contributed by atoms with van der Waals surface area (Å²) in [4.78, 5) is 21.5. The second kappa shape index (κ2) is 7.29. The van der Waals surface area contributed by atoms with Gasteiger partial charge < -0.3 is 20.3 Å². The van der Waals surface area contributed by atoms with E-state index < -0.39 is 24.6 Å². The van der Waals surface area contributed by atoms with Gasteiger partial charge in [0.05, 0.1) is 12.5 Å². The second-order valence-corrected chi connectivity index (χ2v) is 3.69. The van der Waals surface area contributed by atoms with Gasteiger partial charge in [-0.05, 0) is 5.56 Å². The van der Waals surface area contributed by atoms with Gasteiger partial charge in [-0.25, -0.2) is 4.79 Å². The summed E-state index contributed by atoms with van der Waals surface area (Å²) in [5, 5.41) is 19.9. The van der Waals surface area contributed by atoms with Crippen LogP contribution in [0.3, 0.4) is 0 Å². The number of aliphatic hydroxyl groups is 1. The zero-order valence-electron chi connectivity index (χ0n) is 9.70. The number of ether oxygens (including phenoxy) is 1. The van der Waals surface area contributed by atoms with E-state index in [1.54, 1.807) is 0 Å². The Labute approximate surface area is 104 Å². The maximum Gasteiger partial charge on any atom is 0.407 e. The highest BCUT2D eigenvalue weighted by Crippen LogP contribution is 2.00. The molecule has 1 atom stereocenters. The van der Waals surface area contributed by atoms with Gasteiger partial charge in [0.2, 0.25) is 0 Å². The minimum absolute atomic E-state index is 0.127. The van der Waals surface area contributed by atoms with Crippen LogP contribution in [0.25, 0.3) is 0 Å². The summed E-state index contributed by atoms with van der Waals surface area (Å²) in [6.07, 6.45) is -2.23. The number of benzene rings is 1. The molecule has 18 heavy (non-hydrogen) atoms. The van der Waals surface area contributed by atoms with Crippen molar-refractivity contribution in [3.05, 3.63) is 35.9 Å². The molecule has 6 nitrogen and oxygen atoms in total. The Balaban J connectivity index is 2.20. The first kappa shape index (κ1) is 14.0. The third-order valence-electron chi connectivity index (χ3n) is 2.11. The van der Waals surface area contributed by atoms with Gasteiger partial charge in [0.15, 0.2) is 0 Å². The summed E-state index contributed by atoms with van der Waals surface area (Å²) in [6, 6.07) is 9.13. The fourth-order valence-electron chi connectivity index (χ4n) is 1.25. The zero-order chi connectivity index (χ0) is 13.4. The predicted octanol–water partition coefficient (Wildman–Crippen LogP) is 0.748. The van der Waals surface area contributed by atoms with Gasteiger partial charge in [0.1, 0.15) is 6.61 Å². The van der Waals surface area contributed by atoms with Crippen LogP contribution in [0.15, 0.2) is 30.3 Å². The lowest BCUT2D eigenvalue weighted by molar-refractivity contribution is -0.139. The van der Waals surface area contributed by atoms with Crippen molar-refractivity contribution in [3.8, 4) is 0 Å². The maximum absolute atomic E-state index is 11.2. The van der Waals surface area contributed by atoms with Crippen LogP contribution < -0.4 is 5.32 Å². The number of hydrogen-bond acceptors (Lipinski definition) is 4. The van der Waals surface area contributed by atoms with E-state index in [0.717, 1.165) is 5.56 Å². The van der Waals surface area contributed by atoms with Crippen LogP contribution in [0.4, 0.5) is 4.79 Å². The number of aliphatic carboxylic acids is 1. The molecule has 98 valence electrons. The van der Waals surface area contributed by atoms with Gasteiger partial charge in [-0.1, -0.05) is 30.3 Å². The third-order valence-corrected chi connectivity index (χ3v) is 2.11. The van der Waals surface area contributed by atoms with Crippen molar-refractivity contribution in [1.82, 2.24) is 5.32 Å². The number of alkyl carbamates (subject to hydrolysis) is 1. The van der Waals surface area contributed by atoms with E-state index in [2.05, 4.69) is 5.32 Å². The van der Waals surface area contributed by atoms with Gasteiger partial charge in [0, 0.05) is 6.54 Å². The van der Waals surface area contributed by atoms with Crippen LogP contribution in [0.5, 0.6) is 0 Å². The van der Waals surface area contributed by atoms with E-state index in [1.165, 1.54) is 0 Å². The largest absolute Gasteiger partial charge is 0.481 e. The first-order valence-corrected chi connectivity index (χ1v) is 5.42. The molecule has 0 aliphatic carbocycles. The Bertz CT molecular complexity index is 393. The first-order chi connectivity index (χ1) is 8.58. The van der Waals surface area contributed by atoms with Gasteiger partial charge in [-0.2, -0.15) is 0 Å². The van der Waals surface area contributed by atoms with Crippen molar-refractivity contribution in [3.63, 3.8) is 0 Å². The Morgan fingerprint density at radius 2 is 1.94 bits per heavy atom. The lowest BCUT2D eigenvalue weighted by atomic mass is 10.2. The predicted molar refractivity (Wildman–Crippen MR) is 62.9 cm³/mol. The number of amides is 1. The number of carbonyl (C=O) groups excluding carboxylic acids is 1. The van der Waals surface area contributed by atoms with Crippen LogP contribution in [-0.2, 0) is 16.1 Å². The molecule has 1 rings (SSSR count). The molecule has 1 aromatic carbocycles. The Kier molecular flexibility index (Phi) is 5.66. The topological polar surface area (TPSA) is 95.9 Å². The van der Waals surface area contributed by atoms with Crippen molar-refractivity contribution < 1.29 is 24.5 Å². The number of hydrogen-bond donors (Lipinski definition) is 3. The molecule has 3 N–H and O–H groups in total. The average Bonchev–Trinajstić information content (AvgIpc) is 2.34. The lowest BCUT2D eigenvalue weighted by Gasteiger charge is -2.10. The molecular formula is C12H15NO5. The highest BCUT2D eigenvalue weighted by Gasteiger charge is 2.11. The number of aliphatic hydroxyl groups excluding tert-OH is 1. The highest BCUT2D eigenvalue weighted by molar-refractivity contribution is 5.68. The van der Waals surface area contributed by atoms with E-state index in [4.69, 9.17) is 9.84 Å². The standard InChI is InChI=1S/C12H15NO5/c14-10(6-11(15)16)7-13-12(17)18-8-9-4-2-1-3-5-9/h1-5,10,14H,6-8H2,(H,13,17)(H,15,16)/t10-/m1/s1. The molecule has 0 spiro atoms. The van der Waals surface area contributed by atoms with Gasteiger partial charge in [-0.15, -0.1) is 0 Å². The number of nitrogens with one attached hydrogen (secondary N) is 1. The summed E-state index contributed by atoms with van der Waals surface area (Å²) in [5.41, 5.74) is 0.846. The first-order valence-electron chi connectivity index (χ1n) is 5.42. The van der Waals surface area contributed by atoms with Crippen LogP contribution in [0.2, 0.25) is 0 Å². The zero-order valence-corrected chi connectivity index (χ0v) is 9.70. The van der Waals surface area contributed by atoms with E-state index in [9.17, 15) is 14.7 Å². The molecule has 0 unspecified atom stereocenters.